The molecule has 102 valence electrons. The van der Waals surface area contributed by atoms with Gasteiger partial charge in [0.2, 0.25) is 0 Å². The first-order valence-corrected chi connectivity index (χ1v) is 7.38. The summed E-state index contributed by atoms with van der Waals surface area (Å²) in [7, 11) is 1.92. The molecular weight excluding hydrogens is 392 g/mol. The molecule has 0 spiro atoms. The van der Waals surface area contributed by atoms with Gasteiger partial charge in [0.1, 0.15) is 22.4 Å². The summed E-state index contributed by atoms with van der Waals surface area (Å²) in [6.07, 6.45) is 0. The van der Waals surface area contributed by atoms with E-state index in [4.69, 9.17) is 11.6 Å². The van der Waals surface area contributed by atoms with E-state index in [9.17, 15) is 4.39 Å². The third-order valence-corrected chi connectivity index (χ3v) is 4.48. The smallest absolute Gasteiger partial charge is 0.146 e. The maximum absolute atomic E-state index is 13.1. The van der Waals surface area contributed by atoms with E-state index in [0.717, 1.165) is 25.9 Å². The van der Waals surface area contributed by atoms with Crippen molar-refractivity contribution in [2.24, 2.45) is 7.05 Å². The van der Waals surface area contributed by atoms with Gasteiger partial charge in [0.25, 0.3) is 0 Å². The molecule has 2 heterocycles. The van der Waals surface area contributed by atoms with Crippen molar-refractivity contribution >= 4 is 45.2 Å². The molecule has 0 N–H and O–H groups in total. The van der Waals surface area contributed by atoms with Crippen LogP contribution in [0.15, 0.2) is 24.3 Å². The van der Waals surface area contributed by atoms with Crippen LogP contribution in [0.2, 0.25) is 5.15 Å². The highest BCUT2D eigenvalue weighted by Crippen LogP contribution is 2.36. The van der Waals surface area contributed by atoms with Gasteiger partial charge in [0.05, 0.1) is 14.7 Å². The van der Waals surface area contributed by atoms with Gasteiger partial charge in [-0.2, -0.15) is 0 Å². The summed E-state index contributed by atoms with van der Waals surface area (Å²) >= 11 is 8.47. The van der Waals surface area contributed by atoms with Gasteiger partial charge in [0, 0.05) is 7.05 Å². The minimum atomic E-state index is -0.254. The Morgan fingerprint density at radius 2 is 1.85 bits per heavy atom. The minimum absolute atomic E-state index is 0.254. The Bertz CT molecular complexity index is 812. The van der Waals surface area contributed by atoms with Crippen LogP contribution in [0.1, 0.15) is 5.82 Å². The van der Waals surface area contributed by atoms with Crippen molar-refractivity contribution in [1.29, 1.82) is 0 Å². The zero-order valence-corrected chi connectivity index (χ0v) is 13.7. The topological polar surface area (TPSA) is 30.7 Å². The van der Waals surface area contributed by atoms with Crippen molar-refractivity contribution < 1.29 is 4.39 Å². The highest BCUT2D eigenvalue weighted by atomic mass is 127. The summed E-state index contributed by atoms with van der Waals surface area (Å²) in [4.78, 5) is 8.65. The molecule has 0 bridgehead atoms. The summed E-state index contributed by atoms with van der Waals surface area (Å²) in [6, 6.07) is 6.39. The molecule has 0 aliphatic heterocycles. The van der Waals surface area contributed by atoms with Crippen LogP contribution >= 0.6 is 34.2 Å². The maximum Gasteiger partial charge on any atom is 0.146 e. The first-order valence-electron chi connectivity index (χ1n) is 5.93. The summed E-state index contributed by atoms with van der Waals surface area (Å²) in [5, 5.41) is 1.28. The third kappa shape index (κ3) is 2.09. The lowest BCUT2D eigenvalue weighted by Crippen LogP contribution is -1.96. The van der Waals surface area contributed by atoms with Gasteiger partial charge in [0.15, 0.2) is 0 Å². The average molecular weight is 402 g/mol. The number of rotatable bonds is 1. The predicted molar refractivity (Wildman–Crippen MR) is 86.4 cm³/mol. The first-order chi connectivity index (χ1) is 9.49. The largest absolute Gasteiger partial charge is 0.327 e. The minimum Gasteiger partial charge on any atom is -0.327 e. The van der Waals surface area contributed by atoms with Crippen molar-refractivity contribution in [3.8, 4) is 11.3 Å². The van der Waals surface area contributed by atoms with Gasteiger partial charge in [-0.15, -0.1) is 0 Å². The molecule has 1 aromatic carbocycles. The summed E-state index contributed by atoms with van der Waals surface area (Å²) in [5.41, 5.74) is 2.67. The van der Waals surface area contributed by atoms with Gasteiger partial charge in [-0.1, -0.05) is 11.6 Å². The number of aromatic nitrogens is 3. The summed E-state index contributed by atoms with van der Waals surface area (Å²) in [5.74, 6) is 0.376. The number of aryl methyl sites for hydroxylation is 2. The molecule has 3 nitrogen and oxygen atoms in total. The maximum atomic E-state index is 13.1. The summed E-state index contributed by atoms with van der Waals surface area (Å²) < 4.78 is 16.0. The molecule has 2 aromatic heterocycles. The highest BCUT2D eigenvalue weighted by molar-refractivity contribution is 14.1. The van der Waals surface area contributed by atoms with Crippen LogP contribution in [0.5, 0.6) is 0 Å². The van der Waals surface area contributed by atoms with E-state index in [1.54, 1.807) is 12.1 Å². The lowest BCUT2D eigenvalue weighted by atomic mass is 10.1. The highest BCUT2D eigenvalue weighted by Gasteiger charge is 2.19. The number of nitrogens with zero attached hydrogens (tertiary/aromatic N) is 3. The van der Waals surface area contributed by atoms with Crippen LogP contribution < -0.4 is 0 Å². The average Bonchev–Trinajstić information content (AvgIpc) is 2.63. The SMILES string of the molecule is Cc1nc(Cl)c2c(I)c(-c3ccc(F)cc3)n(C)c2n1. The number of benzene rings is 1. The Hall–Kier alpha value is -1.21. The monoisotopic (exact) mass is 401 g/mol. The van der Waals surface area contributed by atoms with Crippen LogP contribution in [0.3, 0.4) is 0 Å². The van der Waals surface area contributed by atoms with Gasteiger partial charge in [-0.05, 0) is 59.3 Å². The van der Waals surface area contributed by atoms with Crippen molar-refractivity contribution in [1.82, 2.24) is 14.5 Å². The Morgan fingerprint density at radius 1 is 1.20 bits per heavy atom. The lowest BCUT2D eigenvalue weighted by molar-refractivity contribution is 0.628. The standard InChI is InChI=1S/C14H10ClFIN3/c1-7-18-13(15)10-11(17)12(20(2)14(10)19-7)8-3-5-9(16)6-4-8/h3-6H,1-2H3. The van der Waals surface area contributed by atoms with Crippen molar-refractivity contribution in [2.45, 2.75) is 6.92 Å². The number of halogens is 3. The molecule has 0 aliphatic carbocycles. The van der Waals surface area contributed by atoms with Crippen LogP contribution in [-0.2, 0) is 7.05 Å². The van der Waals surface area contributed by atoms with E-state index in [1.807, 2.05) is 18.5 Å². The van der Waals surface area contributed by atoms with Crippen LogP contribution in [0.4, 0.5) is 4.39 Å². The molecule has 0 fully saturated rings. The fourth-order valence-electron chi connectivity index (χ4n) is 2.26. The Balaban J connectivity index is 2.37. The van der Waals surface area contributed by atoms with Crippen molar-refractivity contribution in [3.05, 3.63) is 44.6 Å². The molecule has 3 rings (SSSR count). The van der Waals surface area contributed by atoms with Gasteiger partial charge < -0.3 is 4.57 Å². The zero-order chi connectivity index (χ0) is 14.4. The number of hydrogen-bond acceptors (Lipinski definition) is 2. The second-order valence-corrected chi connectivity index (χ2v) is 5.93. The molecular formula is C14H10ClFIN3. The van der Waals surface area contributed by atoms with Crippen LogP contribution in [0, 0.1) is 16.3 Å². The normalized spacial score (nSPS) is 11.2. The predicted octanol–water partition coefficient (Wildman–Crippen LogP) is 4.34. The molecule has 0 atom stereocenters. The quantitative estimate of drug-likeness (QED) is 0.449. The van der Waals surface area contributed by atoms with E-state index >= 15 is 0 Å². The van der Waals surface area contributed by atoms with Gasteiger partial charge >= 0.3 is 0 Å². The molecule has 0 aliphatic rings. The molecule has 0 saturated heterocycles. The van der Waals surface area contributed by atoms with E-state index < -0.39 is 0 Å². The molecule has 0 amide bonds. The number of fused-ring (bicyclic) bond motifs is 1. The Kier molecular flexibility index (Phi) is 3.41. The Morgan fingerprint density at radius 3 is 2.50 bits per heavy atom. The number of hydrogen-bond donors (Lipinski definition) is 0. The molecule has 0 radical (unpaired) electrons. The molecule has 0 unspecified atom stereocenters. The van der Waals surface area contributed by atoms with E-state index in [2.05, 4.69) is 32.6 Å². The van der Waals surface area contributed by atoms with E-state index in [1.165, 1.54) is 12.1 Å². The Labute approximate surface area is 133 Å². The fourth-order valence-corrected chi connectivity index (χ4v) is 3.89. The molecule has 6 heteroatoms. The van der Waals surface area contributed by atoms with Crippen molar-refractivity contribution in [2.75, 3.05) is 0 Å². The van der Waals surface area contributed by atoms with Crippen LogP contribution in [0.25, 0.3) is 22.3 Å². The zero-order valence-electron chi connectivity index (χ0n) is 10.8. The third-order valence-electron chi connectivity index (χ3n) is 3.16. The van der Waals surface area contributed by atoms with Crippen molar-refractivity contribution in [3.63, 3.8) is 0 Å². The lowest BCUT2D eigenvalue weighted by Gasteiger charge is -2.04. The second kappa shape index (κ2) is 4.96. The molecule has 3 aromatic rings. The van der Waals surface area contributed by atoms with E-state index in [-0.39, 0.29) is 5.82 Å². The van der Waals surface area contributed by atoms with Gasteiger partial charge in [-0.3, -0.25) is 0 Å². The fraction of sp³-hybridized carbons (Fsp3) is 0.143. The first kappa shape index (κ1) is 13.8. The molecule has 0 saturated carbocycles. The van der Waals surface area contributed by atoms with E-state index in [0.29, 0.717) is 11.0 Å². The molecule has 20 heavy (non-hydrogen) atoms. The summed E-state index contributed by atoms with van der Waals surface area (Å²) in [6.45, 7) is 1.81. The van der Waals surface area contributed by atoms with Crippen LogP contribution in [-0.4, -0.2) is 14.5 Å². The van der Waals surface area contributed by atoms with Gasteiger partial charge in [-0.25, -0.2) is 14.4 Å². The second-order valence-electron chi connectivity index (χ2n) is 4.49.